The maximum Gasteiger partial charge on any atom is 0.223 e. The van der Waals surface area contributed by atoms with E-state index in [0.29, 0.717) is 17.7 Å². The topological polar surface area (TPSA) is 32.3 Å². The van der Waals surface area contributed by atoms with Gasteiger partial charge < -0.3 is 10.2 Å². The highest BCUT2D eigenvalue weighted by Crippen LogP contribution is 2.36. The van der Waals surface area contributed by atoms with Crippen LogP contribution in [0.2, 0.25) is 0 Å². The van der Waals surface area contributed by atoms with E-state index >= 15 is 0 Å². The zero-order valence-electron chi connectivity index (χ0n) is 10.5. The van der Waals surface area contributed by atoms with E-state index in [4.69, 9.17) is 0 Å². The molecule has 0 saturated carbocycles. The fraction of sp³-hybridized carbons (Fsp3) is 0.917. The second kappa shape index (κ2) is 6.86. The van der Waals surface area contributed by atoms with Crippen molar-refractivity contribution < 1.29 is 4.79 Å². The van der Waals surface area contributed by atoms with Gasteiger partial charge in [-0.25, -0.2) is 0 Å². The van der Waals surface area contributed by atoms with E-state index in [9.17, 15) is 4.79 Å². The first kappa shape index (κ1) is 15.1. The maximum absolute atomic E-state index is 11.9. The van der Waals surface area contributed by atoms with Crippen molar-refractivity contribution in [1.82, 2.24) is 10.2 Å². The van der Waals surface area contributed by atoms with Crippen molar-refractivity contribution >= 4 is 30.1 Å². The SMILES string of the molecule is CSCCC(=O)N1CCC2(CCNC2)CC1.Cl. The van der Waals surface area contributed by atoms with Gasteiger partial charge in [-0.15, -0.1) is 12.4 Å². The summed E-state index contributed by atoms with van der Waals surface area (Å²) in [6, 6.07) is 0. The van der Waals surface area contributed by atoms with Gasteiger partial charge in [-0.05, 0) is 37.5 Å². The second-order valence-corrected chi connectivity index (χ2v) is 6.04. The molecule has 17 heavy (non-hydrogen) atoms. The standard InChI is InChI=1S/C12H22N2OS.ClH/c1-16-9-2-11(15)14-7-4-12(5-8-14)3-6-13-10-12;/h13H,2-10H2,1H3;1H. The molecular weight excluding hydrogens is 256 g/mol. The number of rotatable bonds is 3. The number of likely N-dealkylation sites (tertiary alicyclic amines) is 1. The van der Waals surface area contributed by atoms with Crippen LogP contribution in [-0.4, -0.2) is 49.0 Å². The number of hydrogen-bond donors (Lipinski definition) is 1. The van der Waals surface area contributed by atoms with Crippen LogP contribution in [0.25, 0.3) is 0 Å². The molecule has 0 radical (unpaired) electrons. The van der Waals surface area contributed by atoms with Crippen LogP contribution in [-0.2, 0) is 4.79 Å². The van der Waals surface area contributed by atoms with E-state index in [1.807, 2.05) is 0 Å². The molecule has 1 amide bonds. The molecule has 1 N–H and O–H groups in total. The summed E-state index contributed by atoms with van der Waals surface area (Å²) in [6.45, 7) is 4.30. The Balaban J connectivity index is 0.00000144. The molecule has 100 valence electrons. The Morgan fingerprint density at radius 3 is 2.59 bits per heavy atom. The lowest BCUT2D eigenvalue weighted by Crippen LogP contribution is -2.44. The molecule has 0 aromatic rings. The fourth-order valence-corrected chi connectivity index (χ4v) is 3.18. The minimum atomic E-state index is 0. The molecule has 2 heterocycles. The molecule has 0 aliphatic carbocycles. The van der Waals surface area contributed by atoms with Gasteiger partial charge in [0.15, 0.2) is 0 Å². The van der Waals surface area contributed by atoms with Crippen molar-refractivity contribution in [2.75, 3.05) is 38.2 Å². The molecule has 5 heteroatoms. The van der Waals surface area contributed by atoms with Gasteiger partial charge in [-0.2, -0.15) is 11.8 Å². The lowest BCUT2D eigenvalue weighted by molar-refractivity contribution is -0.132. The van der Waals surface area contributed by atoms with E-state index in [1.54, 1.807) is 11.8 Å². The van der Waals surface area contributed by atoms with Gasteiger partial charge in [0.25, 0.3) is 0 Å². The molecule has 2 aliphatic rings. The minimum Gasteiger partial charge on any atom is -0.343 e. The average molecular weight is 279 g/mol. The highest BCUT2D eigenvalue weighted by Gasteiger charge is 2.37. The lowest BCUT2D eigenvalue weighted by atomic mass is 9.78. The van der Waals surface area contributed by atoms with Crippen LogP contribution in [0.5, 0.6) is 0 Å². The molecule has 2 saturated heterocycles. The van der Waals surface area contributed by atoms with Gasteiger partial charge in [-0.1, -0.05) is 0 Å². The Hall–Kier alpha value is 0.0700. The average Bonchev–Trinajstić information content (AvgIpc) is 2.75. The molecular formula is C12H23ClN2OS. The zero-order chi connectivity index (χ0) is 11.4. The van der Waals surface area contributed by atoms with Gasteiger partial charge >= 0.3 is 0 Å². The van der Waals surface area contributed by atoms with Crippen molar-refractivity contribution in [3.8, 4) is 0 Å². The first-order chi connectivity index (χ1) is 7.76. The number of carbonyl (C=O) groups is 1. The normalized spacial score (nSPS) is 22.5. The largest absolute Gasteiger partial charge is 0.343 e. The molecule has 1 spiro atoms. The number of halogens is 1. The maximum atomic E-state index is 11.9. The van der Waals surface area contributed by atoms with Crippen LogP contribution >= 0.6 is 24.2 Å². The summed E-state index contributed by atoms with van der Waals surface area (Å²) in [6.07, 6.45) is 6.48. The van der Waals surface area contributed by atoms with Gasteiger partial charge in [0.05, 0.1) is 0 Å². The summed E-state index contributed by atoms with van der Waals surface area (Å²) in [5, 5.41) is 3.45. The number of thioether (sulfide) groups is 1. The molecule has 2 rings (SSSR count). The molecule has 0 aromatic carbocycles. The Labute approximate surface area is 114 Å². The monoisotopic (exact) mass is 278 g/mol. The van der Waals surface area contributed by atoms with E-state index in [0.717, 1.165) is 18.8 Å². The van der Waals surface area contributed by atoms with Crippen LogP contribution < -0.4 is 5.32 Å². The molecule has 0 atom stereocenters. The van der Waals surface area contributed by atoms with Crippen molar-refractivity contribution in [2.24, 2.45) is 5.41 Å². The summed E-state index contributed by atoms with van der Waals surface area (Å²) < 4.78 is 0. The van der Waals surface area contributed by atoms with Crippen LogP contribution in [0, 0.1) is 5.41 Å². The van der Waals surface area contributed by atoms with Crippen LogP contribution in [0.3, 0.4) is 0 Å². The van der Waals surface area contributed by atoms with Crippen molar-refractivity contribution in [1.29, 1.82) is 0 Å². The first-order valence-electron chi connectivity index (χ1n) is 6.23. The molecule has 0 bridgehead atoms. The van der Waals surface area contributed by atoms with Crippen molar-refractivity contribution in [3.63, 3.8) is 0 Å². The van der Waals surface area contributed by atoms with Gasteiger partial charge in [0, 0.05) is 31.8 Å². The Bertz CT molecular complexity index is 247. The zero-order valence-corrected chi connectivity index (χ0v) is 12.2. The Kier molecular flexibility index (Phi) is 6.10. The number of hydrogen-bond acceptors (Lipinski definition) is 3. The number of nitrogens with zero attached hydrogens (tertiary/aromatic N) is 1. The smallest absolute Gasteiger partial charge is 0.223 e. The van der Waals surface area contributed by atoms with E-state index in [-0.39, 0.29) is 12.4 Å². The third kappa shape index (κ3) is 3.76. The number of carbonyl (C=O) groups excluding carboxylic acids is 1. The van der Waals surface area contributed by atoms with Crippen molar-refractivity contribution in [2.45, 2.75) is 25.7 Å². The summed E-state index contributed by atoms with van der Waals surface area (Å²) in [5.41, 5.74) is 0.524. The van der Waals surface area contributed by atoms with E-state index in [1.165, 1.54) is 32.4 Å². The van der Waals surface area contributed by atoms with Gasteiger partial charge in [0.2, 0.25) is 5.91 Å². The molecule has 3 nitrogen and oxygen atoms in total. The van der Waals surface area contributed by atoms with Crippen LogP contribution in [0.1, 0.15) is 25.7 Å². The van der Waals surface area contributed by atoms with E-state index in [2.05, 4.69) is 16.5 Å². The summed E-state index contributed by atoms with van der Waals surface area (Å²) in [5.74, 6) is 1.32. The number of piperidine rings is 1. The highest BCUT2D eigenvalue weighted by atomic mass is 35.5. The summed E-state index contributed by atoms with van der Waals surface area (Å²) >= 11 is 1.76. The van der Waals surface area contributed by atoms with E-state index < -0.39 is 0 Å². The first-order valence-corrected chi connectivity index (χ1v) is 7.63. The van der Waals surface area contributed by atoms with Gasteiger partial charge in [0.1, 0.15) is 0 Å². The predicted octanol–water partition coefficient (Wildman–Crippen LogP) is 1.76. The predicted molar refractivity (Wildman–Crippen MR) is 76.0 cm³/mol. The molecule has 0 unspecified atom stereocenters. The quantitative estimate of drug-likeness (QED) is 0.854. The number of nitrogens with one attached hydrogen (secondary N) is 1. The number of amides is 1. The Morgan fingerprint density at radius 2 is 2.06 bits per heavy atom. The third-order valence-electron chi connectivity index (χ3n) is 4.03. The molecule has 0 aromatic heterocycles. The van der Waals surface area contributed by atoms with Gasteiger partial charge in [-0.3, -0.25) is 4.79 Å². The lowest BCUT2D eigenvalue weighted by Gasteiger charge is -2.38. The van der Waals surface area contributed by atoms with Crippen LogP contribution in [0.15, 0.2) is 0 Å². The second-order valence-electron chi connectivity index (χ2n) is 5.05. The molecule has 2 fully saturated rings. The minimum absolute atomic E-state index is 0. The molecule has 2 aliphatic heterocycles. The summed E-state index contributed by atoms with van der Waals surface area (Å²) in [7, 11) is 0. The van der Waals surface area contributed by atoms with Crippen molar-refractivity contribution in [3.05, 3.63) is 0 Å². The van der Waals surface area contributed by atoms with Crippen LogP contribution in [0.4, 0.5) is 0 Å². The third-order valence-corrected chi connectivity index (χ3v) is 4.64. The highest BCUT2D eigenvalue weighted by molar-refractivity contribution is 7.98. The fourth-order valence-electron chi connectivity index (χ4n) is 2.80. The summed E-state index contributed by atoms with van der Waals surface area (Å²) in [4.78, 5) is 13.9. The Morgan fingerprint density at radius 1 is 1.35 bits per heavy atom.